The number of nitrogens with zero attached hydrogens (tertiary/aromatic N) is 2. The van der Waals surface area contributed by atoms with Crippen LogP contribution in [0, 0.1) is 0 Å². The molecule has 0 fully saturated rings. The van der Waals surface area contributed by atoms with E-state index in [4.69, 9.17) is 9.47 Å². The van der Waals surface area contributed by atoms with Gasteiger partial charge in [0.2, 0.25) is 0 Å². The van der Waals surface area contributed by atoms with Crippen molar-refractivity contribution >= 4 is 45.0 Å². The van der Waals surface area contributed by atoms with Crippen LogP contribution in [-0.4, -0.2) is 36.1 Å². The SMILES string of the molecule is CCc1cc2c(Nc3cc(C(=O)OC)cc(C(=O)OC)c3)ncnc2s1. The fourth-order valence-electron chi connectivity index (χ4n) is 2.49. The topological polar surface area (TPSA) is 90.4 Å². The van der Waals surface area contributed by atoms with Crippen molar-refractivity contribution in [3.63, 3.8) is 0 Å². The minimum Gasteiger partial charge on any atom is -0.465 e. The first kappa shape index (κ1) is 17.8. The minimum atomic E-state index is -0.546. The number of thiophene rings is 1. The van der Waals surface area contributed by atoms with Gasteiger partial charge < -0.3 is 14.8 Å². The van der Waals surface area contributed by atoms with Crippen molar-refractivity contribution < 1.29 is 19.1 Å². The molecule has 0 saturated heterocycles. The molecular weight excluding hydrogens is 354 g/mol. The molecule has 0 aliphatic rings. The Balaban J connectivity index is 2.05. The van der Waals surface area contributed by atoms with Crippen LogP contribution in [0.3, 0.4) is 0 Å². The van der Waals surface area contributed by atoms with E-state index in [1.54, 1.807) is 23.5 Å². The van der Waals surface area contributed by atoms with Gasteiger partial charge in [-0.1, -0.05) is 6.92 Å². The number of esters is 2. The normalized spacial score (nSPS) is 10.6. The number of carbonyl (C=O) groups is 2. The molecule has 0 bridgehead atoms. The third-order valence-electron chi connectivity index (χ3n) is 3.77. The molecule has 8 heteroatoms. The highest BCUT2D eigenvalue weighted by Gasteiger charge is 2.15. The molecule has 0 saturated carbocycles. The molecule has 0 atom stereocenters. The summed E-state index contributed by atoms with van der Waals surface area (Å²) in [6.07, 6.45) is 2.39. The van der Waals surface area contributed by atoms with Crippen molar-refractivity contribution in [3.8, 4) is 0 Å². The van der Waals surface area contributed by atoms with Crippen LogP contribution in [0.5, 0.6) is 0 Å². The summed E-state index contributed by atoms with van der Waals surface area (Å²) in [7, 11) is 2.57. The number of ether oxygens (including phenoxy) is 2. The number of hydrogen-bond acceptors (Lipinski definition) is 8. The Kier molecular flexibility index (Phi) is 5.13. The summed E-state index contributed by atoms with van der Waals surface area (Å²) in [5, 5.41) is 4.05. The van der Waals surface area contributed by atoms with Gasteiger partial charge >= 0.3 is 11.9 Å². The van der Waals surface area contributed by atoms with Crippen LogP contribution in [-0.2, 0) is 15.9 Å². The highest BCUT2D eigenvalue weighted by molar-refractivity contribution is 7.18. The largest absolute Gasteiger partial charge is 0.465 e. The summed E-state index contributed by atoms with van der Waals surface area (Å²) in [5.41, 5.74) is 1.00. The zero-order valence-electron chi connectivity index (χ0n) is 14.5. The molecule has 1 aromatic carbocycles. The molecular formula is C18H17N3O4S. The summed E-state index contributed by atoms with van der Waals surface area (Å²) in [4.78, 5) is 34.5. The van der Waals surface area contributed by atoms with Gasteiger partial charge in [-0.2, -0.15) is 0 Å². The monoisotopic (exact) mass is 371 g/mol. The second-order valence-electron chi connectivity index (χ2n) is 5.41. The maximum Gasteiger partial charge on any atom is 0.337 e. The number of hydrogen-bond donors (Lipinski definition) is 1. The second-order valence-corrected chi connectivity index (χ2v) is 6.53. The third kappa shape index (κ3) is 3.50. The average molecular weight is 371 g/mol. The Bertz CT molecular complexity index is 949. The summed E-state index contributed by atoms with van der Waals surface area (Å²) < 4.78 is 9.51. The lowest BCUT2D eigenvalue weighted by Gasteiger charge is -2.10. The first-order chi connectivity index (χ1) is 12.5. The van der Waals surface area contributed by atoms with Crippen molar-refractivity contribution in [2.75, 3.05) is 19.5 Å². The lowest BCUT2D eigenvalue weighted by molar-refractivity contribution is 0.0599. The fourth-order valence-corrected chi connectivity index (χ4v) is 3.42. The van der Waals surface area contributed by atoms with Crippen molar-refractivity contribution in [2.24, 2.45) is 0 Å². The molecule has 0 spiro atoms. The number of fused-ring (bicyclic) bond motifs is 1. The van der Waals surface area contributed by atoms with Gasteiger partial charge in [0.15, 0.2) is 0 Å². The Morgan fingerprint density at radius 2 is 1.69 bits per heavy atom. The molecule has 3 rings (SSSR count). The van der Waals surface area contributed by atoms with Crippen LogP contribution in [0.1, 0.15) is 32.5 Å². The molecule has 0 unspecified atom stereocenters. The first-order valence-corrected chi connectivity index (χ1v) is 8.69. The summed E-state index contributed by atoms with van der Waals surface area (Å²) in [5.74, 6) is -0.491. The molecule has 3 aromatic rings. The number of rotatable bonds is 5. The fraction of sp³-hybridized carbons (Fsp3) is 0.222. The van der Waals surface area contributed by atoms with Crippen LogP contribution in [0.15, 0.2) is 30.6 Å². The van der Waals surface area contributed by atoms with E-state index in [2.05, 4.69) is 22.2 Å². The summed E-state index contributed by atoms with van der Waals surface area (Å²) >= 11 is 1.61. The predicted molar refractivity (Wildman–Crippen MR) is 99.2 cm³/mol. The number of aryl methyl sites for hydroxylation is 1. The molecule has 134 valence electrons. The number of nitrogens with one attached hydrogen (secondary N) is 1. The van der Waals surface area contributed by atoms with E-state index in [1.807, 2.05) is 6.07 Å². The van der Waals surface area contributed by atoms with E-state index in [9.17, 15) is 9.59 Å². The van der Waals surface area contributed by atoms with Gasteiger partial charge in [-0.25, -0.2) is 19.6 Å². The molecule has 7 nitrogen and oxygen atoms in total. The van der Waals surface area contributed by atoms with Crippen molar-refractivity contribution in [1.29, 1.82) is 0 Å². The first-order valence-electron chi connectivity index (χ1n) is 7.87. The lowest BCUT2D eigenvalue weighted by Crippen LogP contribution is -2.08. The van der Waals surface area contributed by atoms with Gasteiger partial charge in [0.1, 0.15) is 17.0 Å². The zero-order chi connectivity index (χ0) is 18.7. The van der Waals surface area contributed by atoms with Crippen molar-refractivity contribution in [3.05, 3.63) is 46.6 Å². The van der Waals surface area contributed by atoms with E-state index in [1.165, 1.54) is 31.5 Å². The Labute approximate surface area is 154 Å². The van der Waals surface area contributed by atoms with Gasteiger partial charge in [-0.15, -0.1) is 11.3 Å². The number of carbonyl (C=O) groups excluding carboxylic acids is 2. The number of methoxy groups -OCH3 is 2. The average Bonchev–Trinajstić information content (AvgIpc) is 3.11. The number of aromatic nitrogens is 2. The highest BCUT2D eigenvalue weighted by Crippen LogP contribution is 2.30. The second kappa shape index (κ2) is 7.49. The minimum absolute atomic E-state index is 0.239. The molecule has 0 amide bonds. The maximum absolute atomic E-state index is 11.9. The van der Waals surface area contributed by atoms with Crippen LogP contribution >= 0.6 is 11.3 Å². The highest BCUT2D eigenvalue weighted by atomic mass is 32.1. The Morgan fingerprint density at radius 1 is 1.04 bits per heavy atom. The van der Waals surface area contributed by atoms with Gasteiger partial charge in [-0.05, 0) is 30.7 Å². The van der Waals surface area contributed by atoms with E-state index in [0.717, 1.165) is 16.6 Å². The molecule has 0 radical (unpaired) electrons. The van der Waals surface area contributed by atoms with Gasteiger partial charge in [0.05, 0.1) is 30.7 Å². The van der Waals surface area contributed by atoms with Crippen molar-refractivity contribution in [1.82, 2.24) is 9.97 Å². The smallest absolute Gasteiger partial charge is 0.337 e. The van der Waals surface area contributed by atoms with Crippen LogP contribution < -0.4 is 5.32 Å². The third-order valence-corrected chi connectivity index (χ3v) is 4.95. The number of anilines is 2. The number of benzene rings is 1. The quantitative estimate of drug-likeness (QED) is 0.686. The lowest BCUT2D eigenvalue weighted by atomic mass is 10.1. The van der Waals surface area contributed by atoms with E-state index in [0.29, 0.717) is 11.5 Å². The van der Waals surface area contributed by atoms with Crippen LogP contribution in [0.2, 0.25) is 0 Å². The van der Waals surface area contributed by atoms with Gasteiger partial charge in [0.25, 0.3) is 0 Å². The summed E-state index contributed by atoms with van der Waals surface area (Å²) in [6, 6.07) is 6.66. The predicted octanol–water partition coefficient (Wildman–Crippen LogP) is 3.57. The molecule has 0 aliphatic carbocycles. The summed E-state index contributed by atoms with van der Waals surface area (Å²) in [6.45, 7) is 2.08. The van der Waals surface area contributed by atoms with Crippen LogP contribution in [0.4, 0.5) is 11.5 Å². The molecule has 2 heterocycles. The van der Waals surface area contributed by atoms with Crippen LogP contribution in [0.25, 0.3) is 10.2 Å². The molecule has 0 aliphatic heterocycles. The maximum atomic E-state index is 11.9. The van der Waals surface area contributed by atoms with Gasteiger partial charge in [-0.3, -0.25) is 0 Å². The zero-order valence-corrected chi connectivity index (χ0v) is 15.3. The molecule has 1 N–H and O–H groups in total. The van der Waals surface area contributed by atoms with E-state index < -0.39 is 11.9 Å². The molecule has 2 aromatic heterocycles. The Morgan fingerprint density at radius 3 is 2.27 bits per heavy atom. The molecule has 26 heavy (non-hydrogen) atoms. The van der Waals surface area contributed by atoms with Crippen molar-refractivity contribution in [2.45, 2.75) is 13.3 Å². The standard InChI is InChI=1S/C18H17N3O4S/c1-4-13-8-14-15(19-9-20-16(14)26-13)21-12-6-10(17(22)24-2)5-11(7-12)18(23)25-3/h5-9H,4H2,1-3H3,(H,19,20,21). The van der Waals surface area contributed by atoms with Gasteiger partial charge in [0, 0.05) is 10.6 Å². The Hall–Kier alpha value is -3.00. The van der Waals surface area contributed by atoms with E-state index in [-0.39, 0.29) is 11.1 Å². The van der Waals surface area contributed by atoms with E-state index >= 15 is 0 Å².